The Morgan fingerprint density at radius 2 is 2.00 bits per heavy atom. The van der Waals surface area contributed by atoms with Gasteiger partial charge in [0.05, 0.1) is 5.37 Å². The second kappa shape index (κ2) is 3.90. The van der Waals surface area contributed by atoms with Crippen LogP contribution in [-0.4, -0.2) is 29.5 Å². The summed E-state index contributed by atoms with van der Waals surface area (Å²) in [5.41, 5.74) is 0. The summed E-state index contributed by atoms with van der Waals surface area (Å²) in [6.07, 6.45) is 0. The van der Waals surface area contributed by atoms with Gasteiger partial charge >= 0.3 is 0 Å². The molecule has 0 aromatic heterocycles. The van der Waals surface area contributed by atoms with Crippen molar-refractivity contribution in [3.8, 4) is 0 Å². The first-order valence-electron chi connectivity index (χ1n) is 2.87. The summed E-state index contributed by atoms with van der Waals surface area (Å²) in [6.45, 7) is 3.59. The molecule has 0 heterocycles. The fourth-order valence-electron chi connectivity index (χ4n) is 0.346. The average Bonchev–Trinajstić information content (AvgIpc) is 1.63. The Balaban J connectivity index is 3.50. The van der Waals surface area contributed by atoms with Crippen LogP contribution in [0.4, 0.5) is 0 Å². The number of hydrogen-bond donors (Lipinski definition) is 0. The second-order valence-electron chi connectivity index (χ2n) is 2.17. The molecule has 0 rings (SSSR count). The Hall–Kier alpha value is -0.0200. The normalized spacial score (nSPS) is 13.9. The lowest BCUT2D eigenvalue weighted by Gasteiger charge is -2.16. The van der Waals surface area contributed by atoms with E-state index < -0.39 is 0 Å². The smallest absolute Gasteiger partial charge is 0.187 e. The molecular formula is C6H13NOS. The van der Waals surface area contributed by atoms with Crippen LogP contribution in [0.5, 0.6) is 0 Å². The van der Waals surface area contributed by atoms with Crippen molar-refractivity contribution in [2.45, 2.75) is 19.2 Å². The van der Waals surface area contributed by atoms with Gasteiger partial charge in [-0.2, -0.15) is 0 Å². The van der Waals surface area contributed by atoms with Crippen molar-refractivity contribution in [1.29, 1.82) is 0 Å². The summed E-state index contributed by atoms with van der Waals surface area (Å²) in [5.74, 6) is 0. The van der Waals surface area contributed by atoms with E-state index in [0.717, 1.165) is 0 Å². The van der Waals surface area contributed by atoms with Crippen LogP contribution in [0.2, 0.25) is 0 Å². The molecule has 0 bridgehead atoms. The molecule has 1 atom stereocenters. The van der Waals surface area contributed by atoms with Crippen LogP contribution in [0, 0.1) is 0 Å². The van der Waals surface area contributed by atoms with Crippen LogP contribution >= 0.6 is 11.8 Å². The zero-order valence-corrected chi connectivity index (χ0v) is 7.16. The summed E-state index contributed by atoms with van der Waals surface area (Å²) >= 11 is 1.35. The Morgan fingerprint density at radius 1 is 1.56 bits per heavy atom. The summed E-state index contributed by atoms with van der Waals surface area (Å²) in [6, 6.07) is 0. The molecule has 9 heavy (non-hydrogen) atoms. The summed E-state index contributed by atoms with van der Waals surface area (Å²) < 4.78 is 0. The predicted molar refractivity (Wildman–Crippen MR) is 41.4 cm³/mol. The number of nitrogens with zero attached hydrogens (tertiary/aromatic N) is 1. The first-order chi connectivity index (χ1) is 4.04. The highest BCUT2D eigenvalue weighted by Crippen LogP contribution is 2.11. The lowest BCUT2D eigenvalue weighted by Crippen LogP contribution is -2.22. The van der Waals surface area contributed by atoms with Gasteiger partial charge in [-0.3, -0.25) is 9.69 Å². The Morgan fingerprint density at radius 3 is 2.11 bits per heavy atom. The van der Waals surface area contributed by atoms with E-state index in [0.29, 0.717) is 5.37 Å². The van der Waals surface area contributed by atoms with Crippen LogP contribution < -0.4 is 0 Å². The van der Waals surface area contributed by atoms with Crippen molar-refractivity contribution < 1.29 is 4.79 Å². The molecule has 0 fully saturated rings. The molecule has 0 aliphatic carbocycles. The third-order valence-electron chi connectivity index (χ3n) is 1.06. The Labute approximate surface area is 60.6 Å². The van der Waals surface area contributed by atoms with E-state index in [1.54, 1.807) is 6.92 Å². The van der Waals surface area contributed by atoms with E-state index in [2.05, 4.69) is 0 Å². The lowest BCUT2D eigenvalue weighted by molar-refractivity contribution is -0.109. The molecule has 1 unspecified atom stereocenters. The zero-order valence-electron chi connectivity index (χ0n) is 6.34. The lowest BCUT2D eigenvalue weighted by atomic mass is 10.7. The minimum atomic E-state index is 0.177. The first kappa shape index (κ1) is 8.98. The fourth-order valence-corrected chi connectivity index (χ4v) is 1.04. The maximum absolute atomic E-state index is 10.5. The van der Waals surface area contributed by atoms with E-state index in [9.17, 15) is 4.79 Å². The SMILES string of the molecule is CC(=O)SC(C)N(C)C. The van der Waals surface area contributed by atoms with Gasteiger partial charge in [0.2, 0.25) is 0 Å². The fraction of sp³-hybridized carbons (Fsp3) is 0.833. The van der Waals surface area contributed by atoms with Gasteiger partial charge < -0.3 is 0 Å². The molecule has 0 saturated heterocycles. The molecule has 0 aliphatic heterocycles. The second-order valence-corrected chi connectivity index (χ2v) is 3.67. The van der Waals surface area contributed by atoms with E-state index in [-0.39, 0.29) is 5.12 Å². The molecule has 0 N–H and O–H groups in total. The maximum Gasteiger partial charge on any atom is 0.187 e. The molecule has 0 spiro atoms. The van der Waals surface area contributed by atoms with E-state index >= 15 is 0 Å². The molecule has 3 heteroatoms. The predicted octanol–water partition coefficient (Wildman–Crippen LogP) is 1.17. The van der Waals surface area contributed by atoms with Crippen molar-refractivity contribution in [3.63, 3.8) is 0 Å². The van der Waals surface area contributed by atoms with Crippen molar-refractivity contribution in [2.75, 3.05) is 14.1 Å². The van der Waals surface area contributed by atoms with Crippen molar-refractivity contribution in [3.05, 3.63) is 0 Å². The number of carbonyl (C=O) groups excluding carboxylic acids is 1. The van der Waals surface area contributed by atoms with E-state index in [4.69, 9.17) is 0 Å². The van der Waals surface area contributed by atoms with Crippen LogP contribution in [0.3, 0.4) is 0 Å². The number of rotatable bonds is 2. The molecule has 0 radical (unpaired) electrons. The van der Waals surface area contributed by atoms with Gasteiger partial charge in [0, 0.05) is 6.92 Å². The minimum absolute atomic E-state index is 0.177. The van der Waals surface area contributed by atoms with Crippen molar-refractivity contribution >= 4 is 16.9 Å². The average molecular weight is 147 g/mol. The number of carbonyl (C=O) groups is 1. The number of thioether (sulfide) groups is 1. The molecule has 0 amide bonds. The highest BCUT2D eigenvalue weighted by atomic mass is 32.2. The Kier molecular flexibility index (Phi) is 3.89. The van der Waals surface area contributed by atoms with Gasteiger partial charge in [0.1, 0.15) is 0 Å². The van der Waals surface area contributed by atoms with Crippen LogP contribution in [0.15, 0.2) is 0 Å². The minimum Gasteiger partial charge on any atom is -0.297 e. The molecule has 54 valence electrons. The van der Waals surface area contributed by atoms with Gasteiger partial charge in [-0.05, 0) is 21.0 Å². The van der Waals surface area contributed by atoms with Gasteiger partial charge in [-0.25, -0.2) is 0 Å². The van der Waals surface area contributed by atoms with Crippen molar-refractivity contribution in [1.82, 2.24) is 4.90 Å². The Bertz CT molecular complexity index is 103. The topological polar surface area (TPSA) is 20.3 Å². The van der Waals surface area contributed by atoms with Crippen molar-refractivity contribution in [2.24, 2.45) is 0 Å². The van der Waals surface area contributed by atoms with Gasteiger partial charge in [-0.15, -0.1) is 0 Å². The maximum atomic E-state index is 10.5. The molecule has 0 aliphatic rings. The van der Waals surface area contributed by atoms with Gasteiger partial charge in [0.15, 0.2) is 5.12 Å². The van der Waals surface area contributed by atoms with E-state index in [1.807, 2.05) is 25.9 Å². The first-order valence-corrected chi connectivity index (χ1v) is 3.75. The van der Waals surface area contributed by atoms with Gasteiger partial charge in [0.25, 0.3) is 0 Å². The molecule has 0 saturated carbocycles. The largest absolute Gasteiger partial charge is 0.297 e. The zero-order chi connectivity index (χ0) is 7.44. The quantitative estimate of drug-likeness (QED) is 0.547. The van der Waals surface area contributed by atoms with Crippen LogP contribution in [0.1, 0.15) is 13.8 Å². The molecule has 0 aromatic carbocycles. The standard InChI is InChI=1S/C6H13NOS/c1-5(7(3)4)9-6(2)8/h5H,1-4H3. The van der Waals surface area contributed by atoms with Crippen LogP contribution in [0.25, 0.3) is 0 Å². The van der Waals surface area contributed by atoms with Gasteiger partial charge in [-0.1, -0.05) is 11.8 Å². The summed E-state index contributed by atoms with van der Waals surface area (Å²) in [7, 11) is 3.92. The third kappa shape index (κ3) is 4.48. The molecule has 2 nitrogen and oxygen atoms in total. The monoisotopic (exact) mass is 147 g/mol. The summed E-state index contributed by atoms with van der Waals surface area (Å²) in [5, 5.41) is 0.471. The highest BCUT2D eigenvalue weighted by Gasteiger charge is 2.06. The highest BCUT2D eigenvalue weighted by molar-refractivity contribution is 8.14. The summed E-state index contributed by atoms with van der Waals surface area (Å²) in [4.78, 5) is 12.5. The van der Waals surface area contributed by atoms with E-state index in [1.165, 1.54) is 11.8 Å². The molecule has 0 aromatic rings. The molecular weight excluding hydrogens is 134 g/mol. The third-order valence-corrected chi connectivity index (χ3v) is 2.16. The number of hydrogen-bond acceptors (Lipinski definition) is 3. The van der Waals surface area contributed by atoms with Crippen LogP contribution in [-0.2, 0) is 4.79 Å².